The maximum Gasteiger partial charge on any atom is 0.314 e. The Morgan fingerprint density at radius 3 is 2.04 bits per heavy atom. The number of piperidine rings is 2. The smallest absolute Gasteiger partial charge is 0.314 e. The lowest BCUT2D eigenvalue weighted by molar-refractivity contribution is -0.150. The van der Waals surface area contributed by atoms with Gasteiger partial charge in [0.2, 0.25) is 11.8 Å². The van der Waals surface area contributed by atoms with E-state index in [1.807, 2.05) is 54.0 Å². The van der Waals surface area contributed by atoms with Crippen LogP contribution in [-0.2, 0) is 19.8 Å². The van der Waals surface area contributed by atoms with E-state index in [0.29, 0.717) is 51.9 Å². The number of hydrogen-bond donors (Lipinski definition) is 1. The first-order valence-corrected chi connectivity index (χ1v) is 10.2. The second-order valence-electron chi connectivity index (χ2n) is 8.33. The summed E-state index contributed by atoms with van der Waals surface area (Å²) in [6.45, 7) is 5.98. The molecule has 2 saturated heterocycles. The van der Waals surface area contributed by atoms with Gasteiger partial charge in [-0.2, -0.15) is 0 Å². The number of carbonyl (C=O) groups excluding carboxylic acids is 2. The van der Waals surface area contributed by atoms with Gasteiger partial charge in [0.25, 0.3) is 0 Å². The lowest BCUT2D eigenvalue weighted by Gasteiger charge is -2.41. The monoisotopic (exact) mass is 386 g/mol. The topological polar surface area (TPSA) is 77.9 Å². The van der Waals surface area contributed by atoms with Crippen molar-refractivity contribution in [3.63, 3.8) is 0 Å². The van der Waals surface area contributed by atoms with Crippen LogP contribution in [0.4, 0.5) is 0 Å². The van der Waals surface area contributed by atoms with Crippen molar-refractivity contribution < 1.29 is 19.5 Å². The lowest BCUT2D eigenvalue weighted by Crippen LogP contribution is -2.51. The van der Waals surface area contributed by atoms with Gasteiger partial charge in [0.05, 0.1) is 5.41 Å². The Bertz CT molecular complexity index is 715. The Morgan fingerprint density at radius 1 is 0.964 bits per heavy atom. The van der Waals surface area contributed by atoms with Crippen molar-refractivity contribution in [1.29, 1.82) is 0 Å². The van der Waals surface area contributed by atoms with E-state index in [4.69, 9.17) is 0 Å². The van der Waals surface area contributed by atoms with Gasteiger partial charge in [0, 0.05) is 38.0 Å². The molecule has 0 saturated carbocycles. The van der Waals surface area contributed by atoms with Crippen LogP contribution in [0.2, 0.25) is 0 Å². The third-order valence-corrected chi connectivity index (χ3v) is 6.31. The minimum absolute atomic E-state index is 0.0172. The Labute approximate surface area is 166 Å². The van der Waals surface area contributed by atoms with Gasteiger partial charge in [-0.05, 0) is 31.2 Å². The fourth-order valence-electron chi connectivity index (χ4n) is 4.46. The van der Waals surface area contributed by atoms with E-state index in [0.717, 1.165) is 5.56 Å². The van der Waals surface area contributed by atoms with E-state index in [1.165, 1.54) is 0 Å². The molecule has 1 aromatic rings. The summed E-state index contributed by atoms with van der Waals surface area (Å²) in [5, 5.41) is 9.90. The van der Waals surface area contributed by atoms with E-state index in [2.05, 4.69) is 0 Å². The van der Waals surface area contributed by atoms with Crippen molar-refractivity contribution in [2.45, 2.75) is 44.9 Å². The molecule has 152 valence electrons. The number of carboxylic acid groups (broad SMARTS) is 1. The minimum Gasteiger partial charge on any atom is -0.481 e. The largest absolute Gasteiger partial charge is 0.481 e. The molecule has 0 bridgehead atoms. The standard InChI is InChI=1S/C22H30N2O4/c1-16(2)19(25)23-12-8-17(9-13-23)20(26)24-14-10-22(11-15-24,21(27)28)18-6-4-3-5-7-18/h3-7,16-17H,8-15H2,1-2H3,(H,27,28). The zero-order chi connectivity index (χ0) is 20.3. The van der Waals surface area contributed by atoms with Crippen LogP contribution in [-0.4, -0.2) is 58.9 Å². The number of rotatable bonds is 4. The summed E-state index contributed by atoms with van der Waals surface area (Å²) in [4.78, 5) is 40.8. The summed E-state index contributed by atoms with van der Waals surface area (Å²) >= 11 is 0. The molecule has 1 N–H and O–H groups in total. The number of aliphatic carboxylic acids is 1. The molecule has 0 unspecified atom stereocenters. The molecule has 2 heterocycles. The van der Waals surface area contributed by atoms with Gasteiger partial charge in [-0.15, -0.1) is 0 Å². The quantitative estimate of drug-likeness (QED) is 0.863. The molecule has 0 atom stereocenters. The third-order valence-electron chi connectivity index (χ3n) is 6.31. The van der Waals surface area contributed by atoms with Crippen LogP contribution in [0.25, 0.3) is 0 Å². The first-order valence-electron chi connectivity index (χ1n) is 10.2. The molecule has 6 nitrogen and oxygen atoms in total. The number of hydrogen-bond acceptors (Lipinski definition) is 3. The number of benzene rings is 1. The van der Waals surface area contributed by atoms with Crippen LogP contribution in [0.15, 0.2) is 30.3 Å². The van der Waals surface area contributed by atoms with Crippen LogP contribution in [0.1, 0.15) is 45.1 Å². The highest BCUT2D eigenvalue weighted by Crippen LogP contribution is 2.36. The van der Waals surface area contributed by atoms with Gasteiger partial charge < -0.3 is 14.9 Å². The van der Waals surface area contributed by atoms with Crippen LogP contribution in [0.3, 0.4) is 0 Å². The highest BCUT2D eigenvalue weighted by atomic mass is 16.4. The van der Waals surface area contributed by atoms with Crippen LogP contribution >= 0.6 is 0 Å². The Balaban J connectivity index is 1.60. The van der Waals surface area contributed by atoms with E-state index >= 15 is 0 Å². The van der Waals surface area contributed by atoms with Gasteiger partial charge in [-0.25, -0.2) is 0 Å². The normalized spacial score (nSPS) is 20.2. The molecule has 2 aliphatic heterocycles. The number of carboxylic acids is 1. The van der Waals surface area contributed by atoms with E-state index in [1.54, 1.807) is 0 Å². The number of amides is 2. The van der Waals surface area contributed by atoms with Crippen molar-refractivity contribution in [3.8, 4) is 0 Å². The predicted octanol–water partition coefficient (Wildman–Crippen LogP) is 2.53. The van der Waals surface area contributed by atoms with Crippen LogP contribution in [0.5, 0.6) is 0 Å². The van der Waals surface area contributed by atoms with E-state index in [9.17, 15) is 19.5 Å². The maximum atomic E-state index is 13.0. The number of nitrogens with zero attached hydrogens (tertiary/aromatic N) is 2. The fraction of sp³-hybridized carbons (Fsp3) is 0.591. The zero-order valence-electron chi connectivity index (χ0n) is 16.8. The molecular weight excluding hydrogens is 356 g/mol. The summed E-state index contributed by atoms with van der Waals surface area (Å²) in [5.74, 6) is -0.630. The van der Waals surface area contributed by atoms with Gasteiger partial charge in [0.15, 0.2) is 0 Å². The molecule has 0 spiro atoms. The Hall–Kier alpha value is -2.37. The zero-order valence-corrected chi connectivity index (χ0v) is 16.8. The summed E-state index contributed by atoms with van der Waals surface area (Å²) in [5.41, 5.74) is -0.0967. The molecule has 0 radical (unpaired) electrons. The molecule has 3 rings (SSSR count). The molecule has 0 aliphatic carbocycles. The molecule has 1 aromatic carbocycles. The second kappa shape index (κ2) is 8.33. The third kappa shape index (κ3) is 3.91. The summed E-state index contributed by atoms with van der Waals surface area (Å²) in [7, 11) is 0. The molecule has 2 amide bonds. The molecule has 28 heavy (non-hydrogen) atoms. The second-order valence-corrected chi connectivity index (χ2v) is 8.33. The molecule has 6 heteroatoms. The Morgan fingerprint density at radius 2 is 1.54 bits per heavy atom. The first-order chi connectivity index (χ1) is 13.3. The minimum atomic E-state index is -0.912. The van der Waals surface area contributed by atoms with Gasteiger partial charge in [-0.3, -0.25) is 14.4 Å². The number of likely N-dealkylation sites (tertiary alicyclic amines) is 2. The van der Waals surface area contributed by atoms with E-state index < -0.39 is 11.4 Å². The first kappa shape index (κ1) is 20.4. The maximum absolute atomic E-state index is 13.0. The highest BCUT2D eigenvalue weighted by Gasteiger charge is 2.44. The van der Waals surface area contributed by atoms with E-state index in [-0.39, 0.29) is 23.7 Å². The van der Waals surface area contributed by atoms with Crippen molar-refractivity contribution in [2.24, 2.45) is 11.8 Å². The Kier molecular flexibility index (Phi) is 6.06. The highest BCUT2D eigenvalue weighted by molar-refractivity contribution is 5.84. The predicted molar refractivity (Wildman–Crippen MR) is 106 cm³/mol. The molecule has 2 fully saturated rings. The summed E-state index contributed by atoms with van der Waals surface area (Å²) < 4.78 is 0. The SMILES string of the molecule is CC(C)C(=O)N1CCC(C(=O)N2CCC(C(=O)O)(c3ccccc3)CC2)CC1. The van der Waals surface area contributed by atoms with Gasteiger partial charge in [-0.1, -0.05) is 44.2 Å². The van der Waals surface area contributed by atoms with Crippen molar-refractivity contribution in [1.82, 2.24) is 9.80 Å². The van der Waals surface area contributed by atoms with Crippen LogP contribution in [0, 0.1) is 11.8 Å². The molecular formula is C22H30N2O4. The average Bonchev–Trinajstić information content (AvgIpc) is 2.73. The molecule has 0 aromatic heterocycles. The summed E-state index contributed by atoms with van der Waals surface area (Å²) in [6.07, 6.45) is 2.25. The lowest BCUT2D eigenvalue weighted by atomic mass is 9.72. The fourth-order valence-corrected chi connectivity index (χ4v) is 4.46. The van der Waals surface area contributed by atoms with Crippen molar-refractivity contribution >= 4 is 17.8 Å². The molecule has 2 aliphatic rings. The summed E-state index contributed by atoms with van der Waals surface area (Å²) in [6, 6.07) is 9.35. The number of carbonyl (C=O) groups is 3. The van der Waals surface area contributed by atoms with Crippen LogP contribution < -0.4 is 0 Å². The van der Waals surface area contributed by atoms with Gasteiger partial charge in [0.1, 0.15) is 0 Å². The average molecular weight is 386 g/mol. The van der Waals surface area contributed by atoms with Gasteiger partial charge >= 0.3 is 5.97 Å². The van der Waals surface area contributed by atoms with Crippen molar-refractivity contribution in [2.75, 3.05) is 26.2 Å². The van der Waals surface area contributed by atoms with Crippen molar-refractivity contribution in [3.05, 3.63) is 35.9 Å².